The molecule has 2 heterocycles. The van der Waals surface area contributed by atoms with Crippen molar-refractivity contribution in [3.05, 3.63) is 35.0 Å². The number of rotatable bonds is 1. The van der Waals surface area contributed by atoms with Gasteiger partial charge in [0.1, 0.15) is 5.82 Å². The van der Waals surface area contributed by atoms with Crippen LogP contribution in [0.3, 0.4) is 0 Å². The van der Waals surface area contributed by atoms with Crippen molar-refractivity contribution in [2.24, 2.45) is 0 Å². The molecular weight excluding hydrogens is 244 g/mol. The van der Waals surface area contributed by atoms with Gasteiger partial charge in [-0.1, -0.05) is 23.5 Å². The highest BCUT2D eigenvalue weighted by Crippen LogP contribution is 2.30. The van der Waals surface area contributed by atoms with E-state index in [4.69, 9.17) is 5.73 Å². The van der Waals surface area contributed by atoms with E-state index >= 15 is 0 Å². The van der Waals surface area contributed by atoms with Crippen LogP contribution in [0.1, 0.15) is 16.8 Å². The number of nitrogens with zero attached hydrogens (tertiary/aromatic N) is 3. The molecule has 0 atom stereocenters. The second-order valence-corrected chi connectivity index (χ2v) is 5.47. The van der Waals surface area contributed by atoms with Crippen molar-refractivity contribution in [2.45, 2.75) is 20.8 Å². The van der Waals surface area contributed by atoms with E-state index < -0.39 is 0 Å². The maximum atomic E-state index is 5.94. The lowest BCUT2D eigenvalue weighted by atomic mass is 10.1. The number of thiazole rings is 1. The first-order chi connectivity index (χ1) is 8.56. The Morgan fingerprint density at radius 2 is 1.89 bits per heavy atom. The zero-order valence-corrected chi connectivity index (χ0v) is 11.4. The van der Waals surface area contributed by atoms with Crippen LogP contribution < -0.4 is 5.73 Å². The van der Waals surface area contributed by atoms with E-state index in [9.17, 15) is 0 Å². The zero-order valence-electron chi connectivity index (χ0n) is 10.6. The van der Waals surface area contributed by atoms with Crippen molar-refractivity contribution in [1.29, 1.82) is 0 Å². The number of nitrogen functional groups attached to an aromatic ring is 1. The molecule has 0 aliphatic rings. The minimum absolute atomic E-state index is 0.627. The molecule has 2 aromatic heterocycles. The standard InChI is InChI=1S/C13H14N4S/c1-7-4-5-8(2)12-11(7)15-13(18-12)17-10(14)6-9(3)16-17/h4-6H,14H2,1-3H3. The number of hydrogen-bond donors (Lipinski definition) is 1. The fraction of sp³-hybridized carbons (Fsp3) is 0.231. The van der Waals surface area contributed by atoms with Crippen molar-refractivity contribution in [1.82, 2.24) is 14.8 Å². The summed E-state index contributed by atoms with van der Waals surface area (Å²) in [5.41, 5.74) is 10.3. The molecule has 5 heteroatoms. The Kier molecular flexibility index (Phi) is 2.38. The first-order valence-electron chi connectivity index (χ1n) is 5.75. The average Bonchev–Trinajstić information content (AvgIpc) is 2.88. The summed E-state index contributed by atoms with van der Waals surface area (Å²) in [5.74, 6) is 0.627. The number of nitrogens with two attached hydrogens (primary N) is 1. The number of benzene rings is 1. The second-order valence-electron chi connectivity index (χ2n) is 4.50. The Balaban J connectivity index is 2.29. The van der Waals surface area contributed by atoms with Crippen LogP contribution in [0.15, 0.2) is 18.2 Å². The number of hydrogen-bond acceptors (Lipinski definition) is 4. The minimum atomic E-state index is 0.627. The summed E-state index contributed by atoms with van der Waals surface area (Å²) in [7, 11) is 0. The van der Waals surface area contributed by atoms with Gasteiger partial charge in [-0.05, 0) is 31.9 Å². The molecule has 92 valence electrons. The van der Waals surface area contributed by atoms with Crippen LogP contribution in [0.2, 0.25) is 0 Å². The number of anilines is 1. The van der Waals surface area contributed by atoms with Crippen LogP contribution in [-0.2, 0) is 0 Å². The summed E-state index contributed by atoms with van der Waals surface area (Å²) in [6.45, 7) is 6.10. The molecule has 0 saturated carbocycles. The molecule has 0 saturated heterocycles. The van der Waals surface area contributed by atoms with E-state index in [0.29, 0.717) is 5.82 Å². The molecule has 3 aromatic rings. The van der Waals surface area contributed by atoms with Crippen molar-refractivity contribution >= 4 is 27.4 Å². The third-order valence-electron chi connectivity index (χ3n) is 2.97. The third kappa shape index (κ3) is 1.59. The lowest BCUT2D eigenvalue weighted by molar-refractivity contribution is 0.865. The highest BCUT2D eigenvalue weighted by atomic mass is 32.1. The summed E-state index contributed by atoms with van der Waals surface area (Å²) in [6.07, 6.45) is 0. The van der Waals surface area contributed by atoms with Gasteiger partial charge in [-0.3, -0.25) is 0 Å². The van der Waals surface area contributed by atoms with E-state index in [1.807, 2.05) is 13.0 Å². The van der Waals surface area contributed by atoms with Gasteiger partial charge in [0, 0.05) is 6.07 Å². The SMILES string of the molecule is Cc1cc(N)n(-c2nc3c(C)ccc(C)c3s2)n1. The van der Waals surface area contributed by atoms with Crippen LogP contribution in [0.4, 0.5) is 5.82 Å². The lowest BCUT2D eigenvalue weighted by Gasteiger charge is -1.96. The van der Waals surface area contributed by atoms with Gasteiger partial charge in [-0.25, -0.2) is 4.98 Å². The lowest BCUT2D eigenvalue weighted by Crippen LogP contribution is -2.00. The van der Waals surface area contributed by atoms with Crippen LogP contribution >= 0.6 is 11.3 Å². The Bertz CT molecular complexity index is 700. The van der Waals surface area contributed by atoms with Gasteiger partial charge in [0.15, 0.2) is 0 Å². The smallest absolute Gasteiger partial charge is 0.213 e. The van der Waals surface area contributed by atoms with E-state index in [0.717, 1.165) is 16.3 Å². The predicted octanol–water partition coefficient (Wildman–Crippen LogP) is 2.99. The summed E-state index contributed by atoms with van der Waals surface area (Å²) < 4.78 is 2.91. The first kappa shape index (κ1) is 11.2. The van der Waals surface area contributed by atoms with E-state index in [1.54, 1.807) is 16.0 Å². The molecule has 0 radical (unpaired) electrons. The molecule has 4 nitrogen and oxygen atoms in total. The highest BCUT2D eigenvalue weighted by Gasteiger charge is 2.12. The molecule has 0 aliphatic carbocycles. The molecule has 18 heavy (non-hydrogen) atoms. The fourth-order valence-corrected chi connectivity index (χ4v) is 3.10. The van der Waals surface area contributed by atoms with Gasteiger partial charge in [-0.15, -0.1) is 0 Å². The molecule has 0 spiro atoms. The van der Waals surface area contributed by atoms with E-state index in [-0.39, 0.29) is 0 Å². The Morgan fingerprint density at radius 3 is 2.50 bits per heavy atom. The Hall–Kier alpha value is -1.88. The van der Waals surface area contributed by atoms with Crippen LogP contribution in [0.5, 0.6) is 0 Å². The quantitative estimate of drug-likeness (QED) is 0.730. The normalized spacial score (nSPS) is 11.3. The summed E-state index contributed by atoms with van der Waals surface area (Å²) >= 11 is 1.63. The van der Waals surface area contributed by atoms with Crippen molar-refractivity contribution in [3.63, 3.8) is 0 Å². The van der Waals surface area contributed by atoms with E-state index in [2.05, 4.69) is 36.1 Å². The van der Waals surface area contributed by atoms with Crippen molar-refractivity contribution < 1.29 is 0 Å². The maximum Gasteiger partial charge on any atom is 0.213 e. The van der Waals surface area contributed by atoms with Gasteiger partial charge in [-0.2, -0.15) is 9.78 Å². The largest absolute Gasteiger partial charge is 0.383 e. The van der Waals surface area contributed by atoms with Crippen LogP contribution in [0.25, 0.3) is 15.3 Å². The fourth-order valence-electron chi connectivity index (χ4n) is 2.01. The van der Waals surface area contributed by atoms with Gasteiger partial charge < -0.3 is 5.73 Å². The van der Waals surface area contributed by atoms with Gasteiger partial charge in [0.25, 0.3) is 0 Å². The highest BCUT2D eigenvalue weighted by molar-refractivity contribution is 7.21. The van der Waals surface area contributed by atoms with Gasteiger partial charge in [0.2, 0.25) is 5.13 Å². The number of aryl methyl sites for hydroxylation is 3. The van der Waals surface area contributed by atoms with Crippen molar-refractivity contribution in [3.8, 4) is 5.13 Å². The summed E-state index contributed by atoms with van der Waals surface area (Å²) in [6, 6.07) is 6.07. The molecule has 0 fully saturated rings. The molecule has 2 N–H and O–H groups in total. The molecule has 0 bridgehead atoms. The third-order valence-corrected chi connectivity index (χ3v) is 4.14. The summed E-state index contributed by atoms with van der Waals surface area (Å²) in [5, 5.41) is 5.20. The maximum absolute atomic E-state index is 5.94. The molecule has 3 rings (SSSR count). The molecule has 0 unspecified atom stereocenters. The number of aromatic nitrogens is 3. The Labute approximate surface area is 109 Å². The zero-order chi connectivity index (χ0) is 12.9. The number of fused-ring (bicyclic) bond motifs is 1. The monoisotopic (exact) mass is 258 g/mol. The second kappa shape index (κ2) is 3.81. The van der Waals surface area contributed by atoms with E-state index in [1.165, 1.54) is 15.8 Å². The van der Waals surface area contributed by atoms with Crippen molar-refractivity contribution in [2.75, 3.05) is 5.73 Å². The van der Waals surface area contributed by atoms with Gasteiger partial charge >= 0.3 is 0 Å². The predicted molar refractivity (Wildman–Crippen MR) is 75.4 cm³/mol. The minimum Gasteiger partial charge on any atom is -0.383 e. The topological polar surface area (TPSA) is 56.7 Å². The molecular formula is C13H14N4S. The molecule has 1 aromatic carbocycles. The van der Waals surface area contributed by atoms with Gasteiger partial charge in [0.05, 0.1) is 15.9 Å². The summed E-state index contributed by atoms with van der Waals surface area (Å²) in [4.78, 5) is 4.66. The molecule has 0 amide bonds. The first-order valence-corrected chi connectivity index (χ1v) is 6.57. The average molecular weight is 258 g/mol. The van der Waals surface area contributed by atoms with Crippen LogP contribution in [-0.4, -0.2) is 14.8 Å². The van der Waals surface area contributed by atoms with Crippen LogP contribution in [0, 0.1) is 20.8 Å². The Morgan fingerprint density at radius 1 is 1.17 bits per heavy atom. The molecule has 0 aliphatic heterocycles.